The van der Waals surface area contributed by atoms with Gasteiger partial charge in [0.25, 0.3) is 0 Å². The molecule has 0 amide bonds. The summed E-state index contributed by atoms with van der Waals surface area (Å²) in [5, 5.41) is 13.0. The minimum atomic E-state index is 0.714. The quantitative estimate of drug-likeness (QED) is 0.506. The molecule has 2 heterocycles. The Bertz CT molecular complexity index is 761. The topological polar surface area (TPSA) is 54.2 Å². The van der Waals surface area contributed by atoms with Gasteiger partial charge in [0.1, 0.15) is 0 Å². The summed E-state index contributed by atoms with van der Waals surface area (Å²) in [6, 6.07) is 14.6. The fraction of sp³-hybridized carbons (Fsp3) is 0.263. The summed E-state index contributed by atoms with van der Waals surface area (Å²) in [7, 11) is 0. The van der Waals surface area contributed by atoms with Crippen LogP contribution in [-0.2, 0) is 13.0 Å². The van der Waals surface area contributed by atoms with Crippen molar-refractivity contribution in [3.8, 4) is 5.69 Å². The fourth-order valence-corrected chi connectivity index (χ4v) is 3.09. The molecule has 0 atom stereocenters. The van der Waals surface area contributed by atoms with Gasteiger partial charge < -0.3 is 10.6 Å². The molecule has 0 bridgehead atoms. The zero-order valence-electron chi connectivity index (χ0n) is 14.4. The van der Waals surface area contributed by atoms with Crippen molar-refractivity contribution in [2.24, 2.45) is 4.99 Å². The van der Waals surface area contributed by atoms with Crippen LogP contribution in [0.4, 0.5) is 0 Å². The second kappa shape index (κ2) is 9.03. The van der Waals surface area contributed by atoms with Crippen molar-refractivity contribution in [3.05, 3.63) is 70.7 Å². The first-order valence-corrected chi connectivity index (χ1v) is 9.36. The van der Waals surface area contributed by atoms with Crippen molar-refractivity contribution >= 4 is 17.3 Å². The van der Waals surface area contributed by atoms with Gasteiger partial charge in [-0.1, -0.05) is 18.2 Å². The summed E-state index contributed by atoms with van der Waals surface area (Å²) in [6.45, 7) is 4.49. The molecule has 0 saturated heterocycles. The molecule has 0 aliphatic rings. The maximum atomic E-state index is 4.63. The van der Waals surface area contributed by atoms with E-state index >= 15 is 0 Å². The Morgan fingerprint density at radius 3 is 2.72 bits per heavy atom. The van der Waals surface area contributed by atoms with Gasteiger partial charge in [0.15, 0.2) is 5.96 Å². The summed E-state index contributed by atoms with van der Waals surface area (Å²) < 4.78 is 1.86. The Morgan fingerprint density at radius 2 is 2.04 bits per heavy atom. The number of nitrogens with zero attached hydrogens (tertiary/aromatic N) is 3. The van der Waals surface area contributed by atoms with E-state index in [-0.39, 0.29) is 0 Å². The number of hydrogen-bond donors (Lipinski definition) is 2. The van der Waals surface area contributed by atoms with Crippen LogP contribution in [0.5, 0.6) is 0 Å². The third-order valence-electron chi connectivity index (χ3n) is 3.73. The lowest BCUT2D eigenvalue weighted by molar-refractivity contribution is 0.800. The lowest BCUT2D eigenvalue weighted by Crippen LogP contribution is -2.38. The monoisotopic (exact) mass is 353 g/mol. The Morgan fingerprint density at radius 1 is 1.16 bits per heavy atom. The van der Waals surface area contributed by atoms with Gasteiger partial charge in [-0.05, 0) is 48.6 Å². The summed E-state index contributed by atoms with van der Waals surface area (Å²) >= 11 is 1.73. The number of aliphatic imine (C=N–C) groups is 1. The highest BCUT2D eigenvalue weighted by molar-refractivity contribution is 7.09. The average Bonchev–Trinajstić information content (AvgIpc) is 3.34. The van der Waals surface area contributed by atoms with Crippen LogP contribution in [0.2, 0.25) is 0 Å². The van der Waals surface area contributed by atoms with Gasteiger partial charge in [-0.2, -0.15) is 5.10 Å². The number of hydrogen-bond acceptors (Lipinski definition) is 3. The normalized spacial score (nSPS) is 11.5. The molecule has 3 aromatic rings. The van der Waals surface area contributed by atoms with Crippen molar-refractivity contribution in [2.45, 2.75) is 19.9 Å². The number of benzene rings is 1. The molecule has 2 aromatic heterocycles. The smallest absolute Gasteiger partial charge is 0.191 e. The molecule has 0 aliphatic heterocycles. The molecule has 130 valence electrons. The fourth-order valence-electron chi connectivity index (χ4n) is 2.46. The molecule has 25 heavy (non-hydrogen) atoms. The Labute approximate surface area is 152 Å². The predicted octanol–water partition coefficient (Wildman–Crippen LogP) is 3.23. The Balaban J connectivity index is 1.50. The standard InChI is InChI=1S/C19H23N5S/c1-2-20-19(22-15-18-5-3-14-25-18)21-12-10-16-6-8-17(9-7-16)24-13-4-11-23-24/h3-9,11,13-14H,2,10,12,15H2,1H3,(H2,20,21,22). The highest BCUT2D eigenvalue weighted by Gasteiger charge is 2.00. The second-order valence-corrected chi connectivity index (χ2v) is 6.60. The second-order valence-electron chi connectivity index (χ2n) is 5.57. The maximum absolute atomic E-state index is 4.63. The van der Waals surface area contributed by atoms with Crippen molar-refractivity contribution in [1.29, 1.82) is 0 Å². The van der Waals surface area contributed by atoms with Gasteiger partial charge in [-0.15, -0.1) is 11.3 Å². The van der Waals surface area contributed by atoms with Gasteiger partial charge in [0.2, 0.25) is 0 Å². The van der Waals surface area contributed by atoms with Gasteiger partial charge in [0, 0.05) is 30.4 Å². The molecular weight excluding hydrogens is 330 g/mol. The van der Waals surface area contributed by atoms with Crippen molar-refractivity contribution < 1.29 is 0 Å². The number of rotatable bonds is 7. The summed E-state index contributed by atoms with van der Waals surface area (Å²) in [4.78, 5) is 5.90. The van der Waals surface area contributed by atoms with E-state index in [0.717, 1.165) is 31.2 Å². The van der Waals surface area contributed by atoms with Gasteiger partial charge in [-0.3, -0.25) is 0 Å². The van der Waals surface area contributed by atoms with E-state index < -0.39 is 0 Å². The third kappa shape index (κ3) is 5.19. The minimum absolute atomic E-state index is 0.714. The number of thiophene rings is 1. The van der Waals surface area contributed by atoms with Crippen LogP contribution in [0.1, 0.15) is 17.4 Å². The molecular formula is C19H23N5S. The predicted molar refractivity (Wildman–Crippen MR) is 104 cm³/mol. The van der Waals surface area contributed by atoms with Gasteiger partial charge in [-0.25, -0.2) is 9.67 Å². The largest absolute Gasteiger partial charge is 0.357 e. The first-order chi connectivity index (χ1) is 12.3. The lowest BCUT2D eigenvalue weighted by atomic mass is 10.1. The van der Waals surface area contributed by atoms with Crippen LogP contribution in [-0.4, -0.2) is 28.8 Å². The number of aromatic nitrogens is 2. The summed E-state index contributed by atoms with van der Waals surface area (Å²) in [6.07, 6.45) is 4.68. The van der Waals surface area contributed by atoms with Crippen LogP contribution >= 0.6 is 11.3 Å². The molecule has 0 radical (unpaired) electrons. The summed E-state index contributed by atoms with van der Waals surface area (Å²) in [5.74, 6) is 0.865. The molecule has 2 N–H and O–H groups in total. The first kappa shape index (κ1) is 17.2. The molecule has 3 rings (SSSR count). The van der Waals surface area contributed by atoms with Crippen molar-refractivity contribution in [2.75, 3.05) is 13.1 Å². The summed E-state index contributed by atoms with van der Waals surface area (Å²) in [5.41, 5.74) is 2.37. The van der Waals surface area contributed by atoms with E-state index in [4.69, 9.17) is 0 Å². The van der Waals surface area contributed by atoms with Crippen LogP contribution in [0.3, 0.4) is 0 Å². The minimum Gasteiger partial charge on any atom is -0.357 e. The molecule has 5 nitrogen and oxygen atoms in total. The van der Waals surface area contributed by atoms with E-state index in [1.807, 2.05) is 16.9 Å². The molecule has 0 aliphatic carbocycles. The number of nitrogens with one attached hydrogen (secondary N) is 2. The molecule has 1 aromatic carbocycles. The van der Waals surface area contributed by atoms with Crippen LogP contribution in [0, 0.1) is 0 Å². The zero-order valence-corrected chi connectivity index (χ0v) is 15.2. The third-order valence-corrected chi connectivity index (χ3v) is 4.59. The highest BCUT2D eigenvalue weighted by atomic mass is 32.1. The van der Waals surface area contributed by atoms with Gasteiger partial charge in [0.05, 0.1) is 12.2 Å². The van der Waals surface area contributed by atoms with Crippen LogP contribution in [0.15, 0.2) is 65.2 Å². The molecule has 0 spiro atoms. The van der Waals surface area contributed by atoms with Crippen LogP contribution < -0.4 is 10.6 Å². The van der Waals surface area contributed by atoms with Crippen LogP contribution in [0.25, 0.3) is 5.69 Å². The molecule has 0 unspecified atom stereocenters. The molecule has 0 fully saturated rings. The van der Waals surface area contributed by atoms with E-state index in [1.54, 1.807) is 17.5 Å². The molecule has 6 heteroatoms. The van der Waals surface area contributed by atoms with E-state index in [9.17, 15) is 0 Å². The van der Waals surface area contributed by atoms with E-state index in [1.165, 1.54) is 10.4 Å². The van der Waals surface area contributed by atoms with Crippen molar-refractivity contribution in [1.82, 2.24) is 20.4 Å². The maximum Gasteiger partial charge on any atom is 0.191 e. The number of guanidine groups is 1. The average molecular weight is 353 g/mol. The first-order valence-electron chi connectivity index (χ1n) is 8.48. The van der Waals surface area contributed by atoms with E-state index in [2.05, 4.69) is 69.4 Å². The molecule has 0 saturated carbocycles. The SMILES string of the molecule is CCNC(=NCc1cccs1)NCCc1ccc(-n2cccn2)cc1. The van der Waals surface area contributed by atoms with E-state index in [0.29, 0.717) is 6.54 Å². The Kier molecular flexibility index (Phi) is 6.23. The van der Waals surface area contributed by atoms with Crippen molar-refractivity contribution in [3.63, 3.8) is 0 Å². The highest BCUT2D eigenvalue weighted by Crippen LogP contribution is 2.10. The lowest BCUT2D eigenvalue weighted by Gasteiger charge is -2.11. The zero-order chi connectivity index (χ0) is 17.3. The Hall–Kier alpha value is -2.60. The van der Waals surface area contributed by atoms with Gasteiger partial charge >= 0.3 is 0 Å².